The fourth-order valence-corrected chi connectivity index (χ4v) is 1.76. The van der Waals surface area contributed by atoms with E-state index in [0.29, 0.717) is 5.56 Å². The van der Waals surface area contributed by atoms with E-state index in [1.807, 2.05) is 30.3 Å². The van der Waals surface area contributed by atoms with Gasteiger partial charge in [-0.25, -0.2) is 0 Å². The van der Waals surface area contributed by atoms with Gasteiger partial charge < -0.3 is 5.32 Å². The maximum absolute atomic E-state index is 10.4. The van der Waals surface area contributed by atoms with Crippen molar-refractivity contribution < 1.29 is 4.92 Å². The van der Waals surface area contributed by atoms with Gasteiger partial charge in [0.1, 0.15) is 0 Å². The summed E-state index contributed by atoms with van der Waals surface area (Å²) in [5.74, 6) is 0. The van der Waals surface area contributed by atoms with Crippen LogP contribution in [-0.2, 0) is 13.0 Å². The Morgan fingerprint density at radius 1 is 1.16 bits per heavy atom. The van der Waals surface area contributed by atoms with E-state index in [2.05, 4.69) is 10.3 Å². The molecule has 0 saturated heterocycles. The summed E-state index contributed by atoms with van der Waals surface area (Å²) in [6, 6.07) is 13.1. The molecule has 0 fully saturated rings. The minimum atomic E-state index is -0.330. The third kappa shape index (κ3) is 4.39. The van der Waals surface area contributed by atoms with E-state index in [9.17, 15) is 10.1 Å². The van der Waals surface area contributed by atoms with Gasteiger partial charge in [0.25, 0.3) is 0 Å². The van der Waals surface area contributed by atoms with E-state index in [-0.39, 0.29) is 11.5 Å². The van der Waals surface area contributed by atoms with Crippen molar-refractivity contribution in [2.45, 2.75) is 13.0 Å². The Hall–Kier alpha value is -2.43. The minimum Gasteiger partial charge on any atom is -0.385 e. The highest BCUT2D eigenvalue weighted by molar-refractivity contribution is 5.44. The van der Waals surface area contributed by atoms with Gasteiger partial charge in [-0.15, -0.1) is 0 Å². The lowest BCUT2D eigenvalue weighted by Crippen LogP contribution is -2.06. The van der Waals surface area contributed by atoms with E-state index >= 15 is 0 Å². The van der Waals surface area contributed by atoms with Crippen LogP contribution in [-0.4, -0.2) is 16.5 Å². The maximum atomic E-state index is 10.4. The zero-order chi connectivity index (χ0) is 13.5. The van der Waals surface area contributed by atoms with Gasteiger partial charge in [0.05, 0.1) is 0 Å². The summed E-state index contributed by atoms with van der Waals surface area (Å²) < 4.78 is 0. The normalized spacial score (nSPS) is 10.1. The highest BCUT2D eigenvalue weighted by atomic mass is 16.6. The molecule has 1 N–H and O–H groups in total. The number of nitrogens with zero attached hydrogens (tertiary/aromatic N) is 2. The van der Waals surface area contributed by atoms with Crippen LogP contribution in [0.5, 0.6) is 0 Å². The second kappa shape index (κ2) is 6.49. The van der Waals surface area contributed by atoms with Crippen LogP contribution in [0.4, 0.5) is 5.69 Å². The highest BCUT2D eigenvalue weighted by Crippen LogP contribution is 2.10. The molecule has 0 unspecified atom stereocenters. The largest absolute Gasteiger partial charge is 0.385 e. The number of nitro groups is 1. The van der Waals surface area contributed by atoms with Crippen LogP contribution >= 0.6 is 0 Å². The molecule has 2 rings (SSSR count). The van der Waals surface area contributed by atoms with Crippen molar-refractivity contribution in [3.05, 3.63) is 70.0 Å². The van der Waals surface area contributed by atoms with Crippen LogP contribution in [0.25, 0.3) is 0 Å². The summed E-state index contributed by atoms with van der Waals surface area (Å²) in [6.07, 6.45) is 2.62. The molecule has 19 heavy (non-hydrogen) atoms. The molecule has 0 aliphatic carbocycles. The first-order valence-corrected chi connectivity index (χ1v) is 6.08. The number of anilines is 1. The van der Waals surface area contributed by atoms with Gasteiger partial charge in [0, 0.05) is 41.0 Å². The third-order valence-corrected chi connectivity index (χ3v) is 2.70. The number of benzene rings is 1. The first-order valence-electron chi connectivity index (χ1n) is 6.08. The summed E-state index contributed by atoms with van der Waals surface area (Å²) in [7, 11) is 0. The Labute approximate surface area is 111 Å². The monoisotopic (exact) mass is 257 g/mol. The lowest BCUT2D eigenvalue weighted by atomic mass is 10.2. The summed E-state index contributed by atoms with van der Waals surface area (Å²) in [6.45, 7) is 0.653. The Morgan fingerprint density at radius 3 is 2.58 bits per heavy atom. The molecule has 1 aromatic carbocycles. The Morgan fingerprint density at radius 2 is 1.95 bits per heavy atom. The third-order valence-electron chi connectivity index (χ3n) is 2.70. The zero-order valence-electron chi connectivity index (χ0n) is 10.5. The van der Waals surface area contributed by atoms with E-state index in [0.717, 1.165) is 24.3 Å². The van der Waals surface area contributed by atoms with E-state index in [1.54, 1.807) is 18.3 Å². The second-order valence-corrected chi connectivity index (χ2v) is 4.19. The number of pyridine rings is 1. The van der Waals surface area contributed by atoms with Crippen LogP contribution in [0.3, 0.4) is 0 Å². The molecule has 1 heterocycles. The second-order valence-electron chi connectivity index (χ2n) is 4.19. The smallest absolute Gasteiger partial charge is 0.228 e. The van der Waals surface area contributed by atoms with Gasteiger partial charge in [-0.3, -0.25) is 15.1 Å². The van der Waals surface area contributed by atoms with Gasteiger partial charge in [-0.05, 0) is 24.3 Å². The molecular formula is C14H15N3O2. The number of hydrogen-bond donors (Lipinski definition) is 1. The first kappa shape index (κ1) is 13.0. The Bertz CT molecular complexity index is 526. The summed E-state index contributed by atoms with van der Waals surface area (Å²) in [5.41, 5.74) is 2.71. The molecule has 0 radical (unpaired) electrons. The predicted molar refractivity (Wildman–Crippen MR) is 73.6 cm³/mol. The van der Waals surface area contributed by atoms with Crippen molar-refractivity contribution >= 4 is 5.69 Å². The van der Waals surface area contributed by atoms with E-state index in [1.165, 1.54) is 0 Å². The van der Waals surface area contributed by atoms with Gasteiger partial charge in [0.15, 0.2) is 0 Å². The minimum absolute atomic E-state index is 0.131. The van der Waals surface area contributed by atoms with Crippen LogP contribution in [0.2, 0.25) is 0 Å². The van der Waals surface area contributed by atoms with Crippen molar-refractivity contribution in [3.8, 4) is 0 Å². The summed E-state index contributed by atoms with van der Waals surface area (Å²) >= 11 is 0. The fourth-order valence-electron chi connectivity index (χ4n) is 1.76. The lowest BCUT2D eigenvalue weighted by molar-refractivity contribution is -0.496. The summed E-state index contributed by atoms with van der Waals surface area (Å²) in [5, 5.41) is 13.6. The van der Waals surface area contributed by atoms with E-state index < -0.39 is 0 Å². The first-order chi connectivity index (χ1) is 9.24. The molecular weight excluding hydrogens is 242 g/mol. The average Bonchev–Trinajstić information content (AvgIpc) is 2.41. The number of rotatable bonds is 6. The number of hydrogen-bond acceptors (Lipinski definition) is 4. The van der Waals surface area contributed by atoms with Gasteiger partial charge in [-0.2, -0.15) is 0 Å². The highest BCUT2D eigenvalue weighted by Gasteiger charge is 2.01. The molecule has 0 aliphatic rings. The van der Waals surface area contributed by atoms with Crippen LogP contribution < -0.4 is 5.32 Å². The molecule has 1 aromatic heterocycles. The van der Waals surface area contributed by atoms with Gasteiger partial charge in [-0.1, -0.05) is 18.2 Å². The zero-order valence-corrected chi connectivity index (χ0v) is 10.5. The average molecular weight is 257 g/mol. The molecule has 2 aromatic rings. The molecule has 0 saturated carbocycles. The molecule has 0 spiro atoms. The molecule has 0 aliphatic heterocycles. The predicted octanol–water partition coefficient (Wildman–Crippen LogP) is 2.51. The van der Waals surface area contributed by atoms with Gasteiger partial charge >= 0.3 is 0 Å². The maximum Gasteiger partial charge on any atom is 0.228 e. The Kier molecular flexibility index (Phi) is 4.44. The van der Waals surface area contributed by atoms with Crippen molar-refractivity contribution in [1.82, 2.24) is 4.98 Å². The Balaban J connectivity index is 1.81. The van der Waals surface area contributed by atoms with Crippen LogP contribution in [0.1, 0.15) is 11.3 Å². The van der Waals surface area contributed by atoms with E-state index in [4.69, 9.17) is 0 Å². The molecule has 0 amide bonds. The quantitative estimate of drug-likeness (QED) is 0.637. The number of aromatic nitrogens is 1. The van der Waals surface area contributed by atoms with Crippen molar-refractivity contribution in [1.29, 1.82) is 0 Å². The molecule has 98 valence electrons. The molecule has 0 atom stereocenters. The van der Waals surface area contributed by atoms with Crippen molar-refractivity contribution in [2.75, 3.05) is 11.9 Å². The van der Waals surface area contributed by atoms with Crippen molar-refractivity contribution in [3.63, 3.8) is 0 Å². The molecule has 5 heteroatoms. The standard InChI is InChI=1S/C14H15N3O2/c18-17(19)11-12-4-6-14(7-5-12)16-10-8-13-3-1-2-9-15-13/h1-7,9,16H,8,10-11H2. The summed E-state index contributed by atoms with van der Waals surface area (Å²) in [4.78, 5) is 14.3. The van der Waals surface area contributed by atoms with Gasteiger partial charge in [0.2, 0.25) is 6.54 Å². The number of nitrogens with one attached hydrogen (secondary N) is 1. The van der Waals surface area contributed by atoms with Crippen LogP contribution in [0.15, 0.2) is 48.7 Å². The topological polar surface area (TPSA) is 68.1 Å². The lowest BCUT2D eigenvalue weighted by Gasteiger charge is -2.06. The van der Waals surface area contributed by atoms with Crippen LogP contribution in [0, 0.1) is 10.1 Å². The fraction of sp³-hybridized carbons (Fsp3) is 0.214. The molecule has 5 nitrogen and oxygen atoms in total. The molecule has 0 bridgehead atoms. The van der Waals surface area contributed by atoms with Crippen molar-refractivity contribution in [2.24, 2.45) is 0 Å². The SMILES string of the molecule is O=[N+]([O-])Cc1ccc(NCCc2ccccn2)cc1.